The fraction of sp³-hybridized carbons (Fsp3) is 0.625. The molecule has 0 saturated heterocycles. The Bertz CT molecular complexity index is 430. The molecule has 0 aliphatic carbocycles. The number of ether oxygens (including phenoxy) is 1. The molecule has 114 valence electrons. The lowest BCUT2D eigenvalue weighted by Gasteiger charge is -2.27. The van der Waals surface area contributed by atoms with Crippen molar-refractivity contribution in [3.8, 4) is 5.75 Å². The first kappa shape index (κ1) is 17.5. The average molecular weight is 344 g/mol. The summed E-state index contributed by atoms with van der Waals surface area (Å²) in [4.78, 5) is 0. The summed E-state index contributed by atoms with van der Waals surface area (Å²) in [5.41, 5.74) is 0.337. The minimum Gasteiger partial charge on any atom is -0.491 e. The molecule has 0 fully saturated rings. The SMILES string of the molecule is CC(C)NCc1cc(OCC(C)(O)C(C)C)ccc1Br. The molecule has 0 spiro atoms. The van der Waals surface area contributed by atoms with Crippen molar-refractivity contribution in [3.05, 3.63) is 28.2 Å². The lowest BCUT2D eigenvalue weighted by molar-refractivity contribution is -0.0266. The number of halogens is 1. The molecule has 1 aromatic carbocycles. The zero-order valence-corrected chi connectivity index (χ0v) is 14.6. The third kappa shape index (κ3) is 5.43. The van der Waals surface area contributed by atoms with Crippen molar-refractivity contribution in [2.75, 3.05) is 6.61 Å². The molecule has 0 aliphatic rings. The van der Waals surface area contributed by atoms with Gasteiger partial charge in [0, 0.05) is 17.1 Å². The summed E-state index contributed by atoms with van der Waals surface area (Å²) in [6.07, 6.45) is 0. The number of nitrogens with one attached hydrogen (secondary N) is 1. The normalized spacial score (nSPS) is 14.7. The summed E-state index contributed by atoms with van der Waals surface area (Å²) < 4.78 is 6.80. The monoisotopic (exact) mass is 343 g/mol. The minimum atomic E-state index is -0.816. The van der Waals surface area contributed by atoms with Gasteiger partial charge in [-0.3, -0.25) is 0 Å². The number of hydrogen-bond donors (Lipinski definition) is 2. The van der Waals surface area contributed by atoms with E-state index in [1.165, 1.54) is 0 Å². The maximum atomic E-state index is 10.2. The molecule has 1 rings (SSSR count). The van der Waals surface area contributed by atoms with Crippen LogP contribution in [-0.4, -0.2) is 23.4 Å². The van der Waals surface area contributed by atoms with Crippen molar-refractivity contribution in [3.63, 3.8) is 0 Å². The first-order chi connectivity index (χ1) is 9.22. The number of hydrogen-bond acceptors (Lipinski definition) is 3. The average Bonchev–Trinajstić information content (AvgIpc) is 2.36. The Labute approximate surface area is 130 Å². The highest BCUT2D eigenvalue weighted by Gasteiger charge is 2.25. The van der Waals surface area contributed by atoms with Gasteiger partial charge in [-0.15, -0.1) is 0 Å². The van der Waals surface area contributed by atoms with Crippen molar-refractivity contribution >= 4 is 15.9 Å². The molecule has 0 amide bonds. The van der Waals surface area contributed by atoms with Crippen LogP contribution < -0.4 is 10.1 Å². The third-order valence-corrected chi connectivity index (χ3v) is 4.27. The minimum absolute atomic E-state index is 0.153. The molecule has 2 N–H and O–H groups in total. The van der Waals surface area contributed by atoms with Crippen LogP contribution in [0, 0.1) is 5.92 Å². The second kappa shape index (κ2) is 7.43. The summed E-state index contributed by atoms with van der Waals surface area (Å²) in [7, 11) is 0. The van der Waals surface area contributed by atoms with Crippen LogP contribution in [0.25, 0.3) is 0 Å². The van der Waals surface area contributed by atoms with Gasteiger partial charge < -0.3 is 15.2 Å². The van der Waals surface area contributed by atoms with Crippen LogP contribution in [0.3, 0.4) is 0 Å². The van der Waals surface area contributed by atoms with Gasteiger partial charge in [0.05, 0.1) is 5.60 Å². The van der Waals surface area contributed by atoms with Crippen molar-refractivity contribution < 1.29 is 9.84 Å². The first-order valence-corrected chi connectivity index (χ1v) is 7.88. The second-order valence-electron chi connectivity index (χ2n) is 6.09. The summed E-state index contributed by atoms with van der Waals surface area (Å²) in [5, 5.41) is 13.6. The van der Waals surface area contributed by atoms with Gasteiger partial charge in [-0.2, -0.15) is 0 Å². The van der Waals surface area contributed by atoms with Crippen LogP contribution in [-0.2, 0) is 6.54 Å². The first-order valence-electron chi connectivity index (χ1n) is 7.09. The fourth-order valence-electron chi connectivity index (χ4n) is 1.49. The van der Waals surface area contributed by atoms with E-state index in [9.17, 15) is 5.11 Å². The maximum absolute atomic E-state index is 10.2. The van der Waals surface area contributed by atoms with Crippen molar-refractivity contribution in [1.29, 1.82) is 0 Å². The number of rotatable bonds is 7. The Kier molecular flexibility index (Phi) is 6.49. The molecule has 0 radical (unpaired) electrons. The Morgan fingerprint density at radius 3 is 2.50 bits per heavy atom. The van der Waals surface area contributed by atoms with Crippen LogP contribution in [0.2, 0.25) is 0 Å². The Hall–Kier alpha value is -0.580. The van der Waals surface area contributed by atoms with E-state index in [0.29, 0.717) is 12.6 Å². The van der Waals surface area contributed by atoms with Crippen LogP contribution in [0.5, 0.6) is 5.75 Å². The predicted octanol–water partition coefficient (Wildman–Crippen LogP) is 3.73. The molecule has 0 bridgehead atoms. The van der Waals surface area contributed by atoms with E-state index in [1.54, 1.807) is 6.92 Å². The van der Waals surface area contributed by atoms with Crippen molar-refractivity contribution in [2.24, 2.45) is 5.92 Å². The van der Waals surface area contributed by atoms with E-state index in [1.807, 2.05) is 32.0 Å². The summed E-state index contributed by atoms with van der Waals surface area (Å²) in [6, 6.07) is 6.35. The molecule has 0 saturated carbocycles. The fourth-order valence-corrected chi connectivity index (χ4v) is 1.87. The second-order valence-corrected chi connectivity index (χ2v) is 6.94. The van der Waals surface area contributed by atoms with Gasteiger partial charge >= 0.3 is 0 Å². The number of aliphatic hydroxyl groups is 1. The molecule has 3 nitrogen and oxygen atoms in total. The van der Waals surface area contributed by atoms with E-state index in [-0.39, 0.29) is 5.92 Å². The number of benzene rings is 1. The highest BCUT2D eigenvalue weighted by molar-refractivity contribution is 9.10. The van der Waals surface area contributed by atoms with Gasteiger partial charge in [0.25, 0.3) is 0 Å². The molecule has 1 unspecified atom stereocenters. The van der Waals surface area contributed by atoms with Crippen LogP contribution in [0.4, 0.5) is 0 Å². The van der Waals surface area contributed by atoms with E-state index in [4.69, 9.17) is 4.74 Å². The lowest BCUT2D eigenvalue weighted by atomic mass is 9.94. The van der Waals surface area contributed by atoms with Gasteiger partial charge in [-0.1, -0.05) is 43.6 Å². The molecule has 20 heavy (non-hydrogen) atoms. The summed E-state index contributed by atoms with van der Waals surface area (Å²) >= 11 is 3.55. The van der Waals surface area contributed by atoms with Crippen LogP contribution in [0.1, 0.15) is 40.2 Å². The van der Waals surface area contributed by atoms with E-state index in [2.05, 4.69) is 35.1 Å². The van der Waals surface area contributed by atoms with Crippen LogP contribution in [0.15, 0.2) is 22.7 Å². The Morgan fingerprint density at radius 2 is 1.95 bits per heavy atom. The predicted molar refractivity (Wildman–Crippen MR) is 87.1 cm³/mol. The maximum Gasteiger partial charge on any atom is 0.119 e. The van der Waals surface area contributed by atoms with Gasteiger partial charge in [0.2, 0.25) is 0 Å². The zero-order chi connectivity index (χ0) is 15.3. The molecule has 1 aromatic rings. The standard InChI is InChI=1S/C16H26BrNO2/c1-11(2)16(5,19)10-20-14-6-7-15(17)13(8-14)9-18-12(3)4/h6-8,11-12,18-19H,9-10H2,1-5H3. The van der Waals surface area contributed by atoms with Crippen molar-refractivity contribution in [1.82, 2.24) is 5.32 Å². The summed E-state index contributed by atoms with van der Waals surface area (Å²) in [5.74, 6) is 0.940. The van der Waals surface area contributed by atoms with Gasteiger partial charge in [-0.05, 0) is 36.6 Å². The van der Waals surface area contributed by atoms with E-state index >= 15 is 0 Å². The molecule has 0 aliphatic heterocycles. The zero-order valence-electron chi connectivity index (χ0n) is 13.0. The van der Waals surface area contributed by atoms with Crippen LogP contribution >= 0.6 is 15.9 Å². The Balaban J connectivity index is 2.70. The Morgan fingerprint density at radius 1 is 1.30 bits per heavy atom. The molecular formula is C16H26BrNO2. The highest BCUT2D eigenvalue weighted by Crippen LogP contribution is 2.24. The quantitative estimate of drug-likeness (QED) is 0.792. The largest absolute Gasteiger partial charge is 0.491 e. The molecule has 0 aromatic heterocycles. The molecule has 1 atom stereocenters. The lowest BCUT2D eigenvalue weighted by Crippen LogP contribution is -2.37. The topological polar surface area (TPSA) is 41.5 Å². The van der Waals surface area contributed by atoms with Crippen molar-refractivity contribution in [2.45, 2.75) is 52.8 Å². The van der Waals surface area contributed by atoms with Gasteiger partial charge in [0.15, 0.2) is 0 Å². The molecule has 0 heterocycles. The van der Waals surface area contributed by atoms with Gasteiger partial charge in [-0.25, -0.2) is 0 Å². The van der Waals surface area contributed by atoms with E-state index in [0.717, 1.165) is 22.3 Å². The smallest absolute Gasteiger partial charge is 0.119 e. The van der Waals surface area contributed by atoms with Gasteiger partial charge in [0.1, 0.15) is 12.4 Å². The molecular weight excluding hydrogens is 318 g/mol. The highest BCUT2D eigenvalue weighted by atomic mass is 79.9. The van der Waals surface area contributed by atoms with E-state index < -0.39 is 5.60 Å². The summed E-state index contributed by atoms with van der Waals surface area (Å²) in [6.45, 7) is 11.1. The molecule has 4 heteroatoms. The third-order valence-electron chi connectivity index (χ3n) is 3.49.